The Morgan fingerprint density at radius 3 is 2.44 bits per heavy atom. The van der Waals surface area contributed by atoms with Gasteiger partial charge in [-0.15, -0.1) is 11.3 Å². The van der Waals surface area contributed by atoms with Gasteiger partial charge in [-0.05, 0) is 37.6 Å². The van der Waals surface area contributed by atoms with Gasteiger partial charge in [0.1, 0.15) is 10.7 Å². The number of halogens is 2. The first-order valence-corrected chi connectivity index (χ1v) is 9.50. The molecule has 0 saturated carbocycles. The van der Waals surface area contributed by atoms with E-state index in [4.69, 9.17) is 16.3 Å². The first-order chi connectivity index (χ1) is 12.9. The van der Waals surface area contributed by atoms with Gasteiger partial charge in [-0.3, -0.25) is 4.79 Å². The number of hydrogen-bond acceptors (Lipinski definition) is 4. The molecule has 2 aromatic carbocycles. The number of hydrogen-bond donors (Lipinski definition) is 1. The van der Waals surface area contributed by atoms with Crippen LogP contribution in [0.25, 0.3) is 10.1 Å². The first-order valence-electron chi connectivity index (χ1n) is 8.30. The molecule has 1 N–H and O–H groups in total. The van der Waals surface area contributed by atoms with Crippen LogP contribution in [0.3, 0.4) is 0 Å². The summed E-state index contributed by atoms with van der Waals surface area (Å²) in [7, 11) is 0. The fourth-order valence-electron chi connectivity index (χ4n) is 2.58. The molecule has 1 amide bonds. The lowest BCUT2D eigenvalue weighted by molar-refractivity contribution is -0.129. The molecule has 0 fully saturated rings. The van der Waals surface area contributed by atoms with Crippen LogP contribution >= 0.6 is 22.9 Å². The van der Waals surface area contributed by atoms with Crippen LogP contribution < -0.4 is 5.32 Å². The zero-order chi connectivity index (χ0) is 19.6. The lowest BCUT2D eigenvalue weighted by atomic mass is 10.1. The van der Waals surface area contributed by atoms with Crippen LogP contribution in [0.4, 0.5) is 4.39 Å². The topological polar surface area (TPSA) is 55.4 Å². The summed E-state index contributed by atoms with van der Waals surface area (Å²) < 4.78 is 19.2. The van der Waals surface area contributed by atoms with E-state index in [2.05, 4.69) is 5.32 Å². The molecule has 140 valence electrons. The number of thiophene rings is 1. The highest BCUT2D eigenvalue weighted by atomic mass is 35.5. The summed E-state index contributed by atoms with van der Waals surface area (Å²) in [6.07, 6.45) is -0.998. The first kappa shape index (κ1) is 19.3. The van der Waals surface area contributed by atoms with E-state index in [1.807, 2.05) is 24.3 Å². The number of benzene rings is 2. The molecule has 3 rings (SSSR count). The van der Waals surface area contributed by atoms with Crippen LogP contribution in [0.2, 0.25) is 5.02 Å². The van der Waals surface area contributed by atoms with Crippen molar-refractivity contribution in [3.63, 3.8) is 0 Å². The van der Waals surface area contributed by atoms with Crippen molar-refractivity contribution in [3.8, 4) is 0 Å². The van der Waals surface area contributed by atoms with E-state index in [-0.39, 0.29) is 16.7 Å². The molecule has 3 aromatic rings. The molecule has 7 heteroatoms. The second-order valence-electron chi connectivity index (χ2n) is 6.07. The van der Waals surface area contributed by atoms with Crippen molar-refractivity contribution >= 4 is 44.9 Å². The van der Waals surface area contributed by atoms with Crippen molar-refractivity contribution in [3.05, 3.63) is 69.8 Å². The quantitative estimate of drug-likeness (QED) is 0.599. The van der Waals surface area contributed by atoms with E-state index in [9.17, 15) is 14.0 Å². The number of carbonyl (C=O) groups is 2. The zero-order valence-electron chi connectivity index (χ0n) is 14.7. The van der Waals surface area contributed by atoms with Gasteiger partial charge in [-0.25, -0.2) is 9.18 Å². The average molecular weight is 406 g/mol. The average Bonchev–Trinajstić information content (AvgIpc) is 2.99. The van der Waals surface area contributed by atoms with Gasteiger partial charge >= 0.3 is 5.97 Å². The summed E-state index contributed by atoms with van der Waals surface area (Å²) >= 11 is 7.49. The van der Waals surface area contributed by atoms with Crippen LogP contribution in [-0.4, -0.2) is 18.0 Å². The molecule has 0 aliphatic carbocycles. The molecule has 0 saturated heterocycles. The molecular formula is C20H17ClFNO3S. The summed E-state index contributed by atoms with van der Waals surface area (Å²) in [6, 6.07) is 12.9. The van der Waals surface area contributed by atoms with E-state index in [1.165, 1.54) is 30.4 Å². The van der Waals surface area contributed by atoms with Crippen LogP contribution in [0.1, 0.15) is 35.1 Å². The van der Waals surface area contributed by atoms with E-state index in [0.29, 0.717) is 5.02 Å². The number of fused-ring (bicyclic) bond motifs is 1. The SMILES string of the molecule is C[C@H](OC(=O)c1sc2ccccc2c1Cl)C(=O)N[C@@H](C)c1ccc(F)cc1. The lowest BCUT2D eigenvalue weighted by Gasteiger charge is -2.18. The highest BCUT2D eigenvalue weighted by Crippen LogP contribution is 2.35. The summed E-state index contributed by atoms with van der Waals surface area (Å²) in [6.45, 7) is 3.26. The van der Waals surface area contributed by atoms with Gasteiger partial charge in [0.05, 0.1) is 11.1 Å². The summed E-state index contributed by atoms with van der Waals surface area (Å²) in [5, 5.41) is 3.85. The van der Waals surface area contributed by atoms with E-state index in [0.717, 1.165) is 15.6 Å². The number of carbonyl (C=O) groups excluding carboxylic acids is 2. The lowest BCUT2D eigenvalue weighted by Crippen LogP contribution is -2.37. The van der Waals surface area contributed by atoms with Gasteiger partial charge in [0, 0.05) is 10.1 Å². The predicted octanol–water partition coefficient (Wildman–Crippen LogP) is 5.12. The fraction of sp³-hybridized carbons (Fsp3) is 0.200. The molecule has 0 radical (unpaired) electrons. The van der Waals surface area contributed by atoms with Crippen LogP contribution in [0, 0.1) is 5.82 Å². The summed E-state index contributed by atoms with van der Waals surface area (Å²) in [5.41, 5.74) is 0.746. The molecule has 0 aliphatic heterocycles. The maximum absolute atomic E-state index is 13.0. The van der Waals surface area contributed by atoms with Crippen molar-refractivity contribution < 1.29 is 18.7 Å². The third kappa shape index (κ3) is 4.28. The van der Waals surface area contributed by atoms with Crippen molar-refractivity contribution in [2.24, 2.45) is 0 Å². The zero-order valence-corrected chi connectivity index (χ0v) is 16.2. The van der Waals surface area contributed by atoms with Crippen molar-refractivity contribution in [2.45, 2.75) is 26.0 Å². The van der Waals surface area contributed by atoms with Gasteiger partial charge in [0.15, 0.2) is 6.10 Å². The van der Waals surface area contributed by atoms with Gasteiger partial charge in [0.25, 0.3) is 5.91 Å². The Hall–Kier alpha value is -2.44. The Morgan fingerprint density at radius 2 is 1.78 bits per heavy atom. The molecule has 27 heavy (non-hydrogen) atoms. The van der Waals surface area contributed by atoms with Gasteiger partial charge in [-0.2, -0.15) is 0 Å². The Morgan fingerprint density at radius 1 is 1.11 bits per heavy atom. The standard InChI is InChI=1S/C20H17ClFNO3S/c1-11(13-7-9-14(22)10-8-13)23-19(24)12(2)26-20(25)18-17(21)15-5-3-4-6-16(15)27-18/h3-12H,1-2H3,(H,23,24)/t11-,12-/m0/s1. The van der Waals surface area contributed by atoms with Crippen molar-refractivity contribution in [2.75, 3.05) is 0 Å². The molecule has 4 nitrogen and oxygen atoms in total. The Balaban J connectivity index is 1.65. The largest absolute Gasteiger partial charge is 0.448 e. The van der Waals surface area contributed by atoms with Crippen molar-refractivity contribution in [1.29, 1.82) is 0 Å². The Labute approximate surface area is 164 Å². The number of esters is 1. The predicted molar refractivity (Wildman–Crippen MR) is 105 cm³/mol. The normalized spacial score (nSPS) is 13.2. The van der Waals surface area contributed by atoms with E-state index < -0.39 is 18.0 Å². The van der Waals surface area contributed by atoms with Crippen LogP contribution in [0.5, 0.6) is 0 Å². The van der Waals surface area contributed by atoms with Crippen LogP contribution in [0.15, 0.2) is 48.5 Å². The molecule has 2 atom stereocenters. The Kier molecular flexibility index (Phi) is 5.77. The van der Waals surface area contributed by atoms with Gasteiger partial charge < -0.3 is 10.1 Å². The molecule has 0 bridgehead atoms. The molecule has 0 unspecified atom stereocenters. The fourth-order valence-corrected chi connectivity index (χ4v) is 3.97. The number of nitrogens with one attached hydrogen (secondary N) is 1. The van der Waals surface area contributed by atoms with E-state index >= 15 is 0 Å². The number of ether oxygens (including phenoxy) is 1. The molecule has 1 heterocycles. The highest BCUT2D eigenvalue weighted by Gasteiger charge is 2.24. The molecule has 0 aliphatic rings. The minimum atomic E-state index is -0.998. The second-order valence-corrected chi connectivity index (χ2v) is 7.50. The number of rotatable bonds is 5. The minimum absolute atomic E-state index is 0.268. The smallest absolute Gasteiger partial charge is 0.350 e. The van der Waals surface area contributed by atoms with Crippen molar-refractivity contribution in [1.82, 2.24) is 5.32 Å². The molecular weight excluding hydrogens is 389 g/mol. The van der Waals surface area contributed by atoms with Gasteiger partial charge in [-0.1, -0.05) is 41.9 Å². The summed E-state index contributed by atoms with van der Waals surface area (Å²) in [4.78, 5) is 25.0. The summed E-state index contributed by atoms with van der Waals surface area (Å²) in [5.74, 6) is -1.43. The van der Waals surface area contributed by atoms with Gasteiger partial charge in [0.2, 0.25) is 0 Å². The second kappa shape index (κ2) is 8.06. The third-order valence-electron chi connectivity index (χ3n) is 4.10. The van der Waals surface area contributed by atoms with E-state index in [1.54, 1.807) is 19.1 Å². The van der Waals surface area contributed by atoms with Crippen LogP contribution in [-0.2, 0) is 9.53 Å². The maximum atomic E-state index is 13.0. The number of amides is 1. The maximum Gasteiger partial charge on any atom is 0.350 e. The molecule has 0 spiro atoms. The monoisotopic (exact) mass is 405 g/mol. The Bertz CT molecular complexity index is 987. The minimum Gasteiger partial charge on any atom is -0.448 e. The molecule has 1 aromatic heterocycles. The highest BCUT2D eigenvalue weighted by molar-refractivity contribution is 7.21. The third-order valence-corrected chi connectivity index (χ3v) is 5.76.